The third-order valence-electron chi connectivity index (χ3n) is 3.83. The number of nitrogens with one attached hydrogen (secondary N) is 2. The Morgan fingerprint density at radius 3 is 2.72 bits per heavy atom. The average Bonchev–Trinajstić information content (AvgIpc) is 3.06. The number of morpholine rings is 1. The van der Waals surface area contributed by atoms with Crippen LogP contribution >= 0.6 is 23.7 Å². The Bertz CT molecular complexity index is 641. The molecule has 10 heteroatoms. The largest absolute Gasteiger partial charge is 0.366 e. The summed E-state index contributed by atoms with van der Waals surface area (Å²) >= 11 is 1.26. The maximum absolute atomic E-state index is 12.4. The maximum atomic E-state index is 12.4. The molecule has 2 rings (SSSR count). The van der Waals surface area contributed by atoms with E-state index < -0.39 is 16.1 Å². The Labute approximate surface area is 159 Å². The monoisotopic (exact) mass is 411 g/mol. The molecule has 7 nitrogen and oxygen atoms in total. The van der Waals surface area contributed by atoms with E-state index in [4.69, 9.17) is 4.74 Å². The van der Waals surface area contributed by atoms with Crippen molar-refractivity contribution in [1.82, 2.24) is 14.9 Å². The van der Waals surface area contributed by atoms with E-state index in [0.717, 1.165) is 11.4 Å². The molecule has 0 saturated carbocycles. The minimum Gasteiger partial charge on any atom is -0.366 e. The minimum atomic E-state index is -3.40. The summed E-state index contributed by atoms with van der Waals surface area (Å²) in [5, 5.41) is 5.95. The molecule has 1 atom stereocenters. The number of hydrogen-bond acceptors (Lipinski definition) is 6. The van der Waals surface area contributed by atoms with E-state index in [1.807, 2.05) is 19.9 Å². The lowest BCUT2D eigenvalue weighted by molar-refractivity contribution is -0.134. The zero-order chi connectivity index (χ0) is 17.6. The van der Waals surface area contributed by atoms with Crippen LogP contribution in [0, 0.1) is 0 Å². The van der Waals surface area contributed by atoms with Crippen LogP contribution in [-0.2, 0) is 26.0 Å². The van der Waals surface area contributed by atoms with Crippen LogP contribution in [0.25, 0.3) is 0 Å². The molecule has 2 heterocycles. The maximum Gasteiger partial charge on any atom is 0.252 e. The van der Waals surface area contributed by atoms with E-state index in [1.54, 1.807) is 6.07 Å². The molecule has 0 bridgehead atoms. The summed E-state index contributed by atoms with van der Waals surface area (Å²) in [5.74, 6) is -0.130. The molecule has 25 heavy (non-hydrogen) atoms. The third-order valence-corrected chi connectivity index (χ3v) is 7.49. The summed E-state index contributed by atoms with van der Waals surface area (Å²) in [6, 6.07) is 3.45. The van der Waals surface area contributed by atoms with E-state index in [9.17, 15) is 13.2 Å². The average molecular weight is 412 g/mol. The van der Waals surface area contributed by atoms with Gasteiger partial charge in [-0.25, -0.2) is 8.42 Å². The molecule has 2 N–H and O–H groups in total. The number of thiophene rings is 1. The van der Waals surface area contributed by atoms with Gasteiger partial charge in [-0.1, -0.05) is 13.8 Å². The number of rotatable bonds is 8. The molecule has 1 aromatic heterocycles. The van der Waals surface area contributed by atoms with Gasteiger partial charge in [-0.2, -0.15) is 4.31 Å². The first-order chi connectivity index (χ1) is 11.5. The lowest BCUT2D eigenvalue weighted by Crippen LogP contribution is -2.48. The van der Waals surface area contributed by atoms with E-state index in [-0.39, 0.29) is 18.3 Å². The molecule has 1 amide bonds. The number of halogens is 1. The second-order valence-electron chi connectivity index (χ2n) is 5.41. The van der Waals surface area contributed by atoms with Gasteiger partial charge in [0.25, 0.3) is 10.0 Å². The van der Waals surface area contributed by atoms with Crippen LogP contribution in [0.15, 0.2) is 16.3 Å². The fourth-order valence-electron chi connectivity index (χ4n) is 2.48. The highest BCUT2D eigenvalue weighted by Gasteiger charge is 2.24. The number of nitrogens with zero attached hydrogens (tertiary/aromatic N) is 1. The summed E-state index contributed by atoms with van der Waals surface area (Å²) in [6.45, 7) is 6.86. The van der Waals surface area contributed by atoms with Crippen molar-refractivity contribution < 1.29 is 17.9 Å². The predicted octanol–water partition coefficient (Wildman–Crippen LogP) is 0.848. The summed E-state index contributed by atoms with van der Waals surface area (Å²) in [4.78, 5) is 12.9. The number of hydrogen-bond donors (Lipinski definition) is 2. The normalized spacial score (nSPS) is 18.0. The number of carbonyl (C=O) groups is 1. The lowest BCUT2D eigenvalue weighted by atomic mass is 10.2. The van der Waals surface area contributed by atoms with Gasteiger partial charge in [-0.3, -0.25) is 4.79 Å². The quantitative estimate of drug-likeness (QED) is 0.662. The zero-order valence-corrected chi connectivity index (χ0v) is 16.9. The molecule has 0 spiro atoms. The molecule has 1 fully saturated rings. The first-order valence-corrected chi connectivity index (χ1v) is 10.4. The van der Waals surface area contributed by atoms with Gasteiger partial charge in [0, 0.05) is 37.6 Å². The first kappa shape index (κ1) is 22.3. The number of carbonyl (C=O) groups excluding carboxylic acids is 1. The first-order valence-electron chi connectivity index (χ1n) is 8.18. The van der Waals surface area contributed by atoms with E-state index in [0.29, 0.717) is 43.4 Å². The Balaban J connectivity index is 0.00000312. The highest BCUT2D eigenvalue weighted by Crippen LogP contribution is 2.25. The van der Waals surface area contributed by atoms with Crippen molar-refractivity contribution in [2.45, 2.75) is 30.6 Å². The van der Waals surface area contributed by atoms with Crippen molar-refractivity contribution in [3.8, 4) is 0 Å². The van der Waals surface area contributed by atoms with E-state index in [2.05, 4.69) is 10.6 Å². The van der Waals surface area contributed by atoms with Crippen LogP contribution in [0.1, 0.15) is 18.7 Å². The molecular formula is C15H26ClN3O4S2. The molecule has 0 aliphatic carbocycles. The second-order valence-corrected chi connectivity index (χ2v) is 8.75. The Morgan fingerprint density at radius 1 is 1.40 bits per heavy atom. The van der Waals surface area contributed by atoms with E-state index >= 15 is 0 Å². The molecule has 1 aliphatic heterocycles. The Morgan fingerprint density at radius 2 is 2.12 bits per heavy atom. The van der Waals surface area contributed by atoms with Crippen LogP contribution < -0.4 is 10.6 Å². The Hall–Kier alpha value is -0.710. The van der Waals surface area contributed by atoms with Crippen LogP contribution in [-0.4, -0.2) is 64.1 Å². The SMILES string of the molecule is CCN(CC)S(=O)(=O)c1ccc(CCNC(=O)C2CNCCO2)s1.Cl. The van der Waals surface area contributed by atoms with Crippen LogP contribution in [0.4, 0.5) is 0 Å². The van der Waals surface area contributed by atoms with Gasteiger partial charge in [0.1, 0.15) is 10.3 Å². The molecule has 144 valence electrons. The van der Waals surface area contributed by atoms with Gasteiger partial charge in [-0.15, -0.1) is 23.7 Å². The molecule has 0 radical (unpaired) electrons. The van der Waals surface area contributed by atoms with Gasteiger partial charge < -0.3 is 15.4 Å². The highest BCUT2D eigenvalue weighted by molar-refractivity contribution is 7.91. The third kappa shape index (κ3) is 5.90. The lowest BCUT2D eigenvalue weighted by Gasteiger charge is -2.22. The predicted molar refractivity (Wildman–Crippen MR) is 101 cm³/mol. The van der Waals surface area contributed by atoms with Crippen LogP contribution in [0.3, 0.4) is 0 Å². The minimum absolute atomic E-state index is 0. The summed E-state index contributed by atoms with van der Waals surface area (Å²) in [5.41, 5.74) is 0. The Kier molecular flexibility index (Phi) is 9.33. The van der Waals surface area contributed by atoms with Crippen molar-refractivity contribution in [3.63, 3.8) is 0 Å². The zero-order valence-electron chi connectivity index (χ0n) is 14.5. The van der Waals surface area contributed by atoms with Crippen molar-refractivity contribution in [1.29, 1.82) is 0 Å². The molecule has 1 unspecified atom stereocenters. The van der Waals surface area contributed by atoms with Crippen molar-refractivity contribution in [2.24, 2.45) is 0 Å². The fraction of sp³-hybridized carbons (Fsp3) is 0.667. The topological polar surface area (TPSA) is 87.7 Å². The number of ether oxygens (including phenoxy) is 1. The standard InChI is InChI=1S/C15H25N3O4S2.ClH/c1-3-18(4-2)24(20,21)14-6-5-12(23-14)7-8-17-15(19)13-11-16-9-10-22-13;/h5-6,13,16H,3-4,7-11H2,1-2H3,(H,17,19);1H. The molecular weight excluding hydrogens is 386 g/mol. The molecule has 0 aromatic carbocycles. The summed E-state index contributed by atoms with van der Waals surface area (Å²) < 4.78 is 32.1. The fourth-order valence-corrected chi connectivity index (χ4v) is 5.45. The molecule has 1 saturated heterocycles. The smallest absolute Gasteiger partial charge is 0.252 e. The van der Waals surface area contributed by atoms with E-state index in [1.165, 1.54) is 15.6 Å². The van der Waals surface area contributed by atoms with Crippen molar-refractivity contribution >= 4 is 39.7 Å². The van der Waals surface area contributed by atoms with Gasteiger partial charge >= 0.3 is 0 Å². The van der Waals surface area contributed by atoms with Gasteiger partial charge in [-0.05, 0) is 18.6 Å². The highest BCUT2D eigenvalue weighted by atomic mass is 35.5. The van der Waals surface area contributed by atoms with Crippen LogP contribution in [0.5, 0.6) is 0 Å². The summed E-state index contributed by atoms with van der Waals surface area (Å²) in [6.07, 6.45) is 0.158. The van der Waals surface area contributed by atoms with Gasteiger partial charge in [0.2, 0.25) is 5.91 Å². The summed E-state index contributed by atoms with van der Waals surface area (Å²) in [7, 11) is -3.40. The molecule has 1 aliphatic rings. The van der Waals surface area contributed by atoms with Crippen molar-refractivity contribution in [2.75, 3.05) is 39.3 Å². The van der Waals surface area contributed by atoms with Crippen LogP contribution in [0.2, 0.25) is 0 Å². The molecule has 1 aromatic rings. The van der Waals surface area contributed by atoms with Gasteiger partial charge in [0.15, 0.2) is 0 Å². The number of sulfonamides is 1. The van der Waals surface area contributed by atoms with Crippen molar-refractivity contribution in [3.05, 3.63) is 17.0 Å². The second kappa shape index (κ2) is 10.4. The number of amides is 1. The van der Waals surface area contributed by atoms with Gasteiger partial charge in [0.05, 0.1) is 6.61 Å².